The van der Waals surface area contributed by atoms with E-state index in [4.69, 9.17) is 14.9 Å². The van der Waals surface area contributed by atoms with Crippen LogP contribution in [0.5, 0.6) is 0 Å². The molecule has 0 spiro atoms. The summed E-state index contributed by atoms with van der Waals surface area (Å²) in [5, 5.41) is 0. The van der Waals surface area contributed by atoms with Crippen molar-refractivity contribution in [1.82, 2.24) is 9.55 Å². The van der Waals surface area contributed by atoms with Crippen molar-refractivity contribution in [3.63, 3.8) is 0 Å². The second kappa shape index (κ2) is 7.99. The van der Waals surface area contributed by atoms with Gasteiger partial charge in [0.15, 0.2) is 5.69 Å². The molecule has 0 saturated carbocycles. The lowest BCUT2D eigenvalue weighted by molar-refractivity contribution is 0.0513. The highest BCUT2D eigenvalue weighted by Gasteiger charge is 2.27. The van der Waals surface area contributed by atoms with Crippen LogP contribution in [-0.4, -0.2) is 22.1 Å². The van der Waals surface area contributed by atoms with Gasteiger partial charge < -0.3 is 19.5 Å². The molecular weight excluding hydrogens is 446 g/mol. The van der Waals surface area contributed by atoms with E-state index in [1.54, 1.807) is 19.5 Å². The van der Waals surface area contributed by atoms with E-state index in [1.165, 1.54) is 0 Å². The summed E-state index contributed by atoms with van der Waals surface area (Å²) in [6.07, 6.45) is 3.36. The van der Waals surface area contributed by atoms with Gasteiger partial charge in [0.25, 0.3) is 0 Å². The number of aryl methyl sites for hydroxylation is 2. The number of halogens is 1. The minimum Gasteiger partial charge on any atom is -0.472 e. The van der Waals surface area contributed by atoms with Gasteiger partial charge in [-0.3, -0.25) is 0 Å². The van der Waals surface area contributed by atoms with Gasteiger partial charge in [0.1, 0.15) is 5.82 Å². The lowest BCUT2D eigenvalue weighted by Gasteiger charge is -2.14. The highest BCUT2D eigenvalue weighted by molar-refractivity contribution is 9.10. The summed E-state index contributed by atoms with van der Waals surface area (Å²) < 4.78 is 13.5. The summed E-state index contributed by atoms with van der Waals surface area (Å²) in [5.74, 6) is 0.370. The molecule has 2 N–H and O–H groups in total. The van der Waals surface area contributed by atoms with Gasteiger partial charge in [-0.2, -0.15) is 0 Å². The number of rotatable bonds is 5. The molecule has 2 aliphatic rings. The average Bonchev–Trinajstić information content (AvgIpc) is 3.16. The number of carbonyl (C=O) groups is 1. The van der Waals surface area contributed by atoms with E-state index in [2.05, 4.69) is 20.9 Å². The predicted octanol–water partition coefficient (Wildman–Crippen LogP) is 5.43. The summed E-state index contributed by atoms with van der Waals surface area (Å²) in [6.45, 7) is 6.26. The van der Waals surface area contributed by atoms with Crippen molar-refractivity contribution in [3.8, 4) is 22.3 Å². The molecule has 30 heavy (non-hydrogen) atoms. The molecule has 1 aliphatic carbocycles. The molecule has 1 aliphatic heterocycles. The summed E-state index contributed by atoms with van der Waals surface area (Å²) >= 11 is 3.75. The lowest BCUT2D eigenvalue weighted by Crippen LogP contribution is -2.15. The predicted molar refractivity (Wildman–Crippen MR) is 120 cm³/mol. The summed E-state index contributed by atoms with van der Waals surface area (Å²) in [6, 6.07) is 9.67. The van der Waals surface area contributed by atoms with Crippen LogP contribution >= 0.6 is 15.9 Å². The van der Waals surface area contributed by atoms with Crippen molar-refractivity contribution in [1.29, 1.82) is 0 Å². The van der Waals surface area contributed by atoms with Gasteiger partial charge in [-0.15, -0.1) is 0 Å². The largest absolute Gasteiger partial charge is 0.472 e. The summed E-state index contributed by atoms with van der Waals surface area (Å²) in [5.41, 5.74) is 13.0. The monoisotopic (exact) mass is 467 g/mol. The Morgan fingerprint density at radius 2 is 1.97 bits per heavy atom. The first kappa shape index (κ1) is 20.2. The Morgan fingerprint density at radius 3 is 2.70 bits per heavy atom. The number of esters is 1. The Bertz CT molecular complexity index is 1210. The number of benzene rings is 1. The zero-order valence-corrected chi connectivity index (χ0v) is 18.6. The first-order valence-electron chi connectivity index (χ1n) is 9.66. The Kier molecular flexibility index (Phi) is 5.39. The zero-order chi connectivity index (χ0) is 21.4. The molecule has 0 radical (unpaired) electrons. The van der Waals surface area contributed by atoms with E-state index in [0.717, 1.165) is 38.1 Å². The van der Waals surface area contributed by atoms with Crippen LogP contribution in [0.1, 0.15) is 34.5 Å². The quantitative estimate of drug-likeness (QED) is 0.312. The molecule has 0 atom stereocenters. The number of ether oxygens (including phenoxy) is 1. The van der Waals surface area contributed by atoms with E-state index in [0.29, 0.717) is 30.2 Å². The van der Waals surface area contributed by atoms with Crippen LogP contribution in [0.15, 0.2) is 51.7 Å². The van der Waals surface area contributed by atoms with Gasteiger partial charge in [0.05, 0.1) is 31.4 Å². The van der Waals surface area contributed by atoms with Gasteiger partial charge in [0, 0.05) is 26.9 Å². The molecule has 1 aromatic carbocycles. The number of nitrogens with two attached hydrogens (primary N) is 1. The number of aromatic nitrogens is 2. The van der Waals surface area contributed by atoms with Crippen molar-refractivity contribution in [3.05, 3.63) is 70.1 Å². The Hall–Kier alpha value is -3.06. The smallest absolute Gasteiger partial charge is 0.356 e. The normalized spacial score (nSPS) is 11.2. The van der Waals surface area contributed by atoms with Crippen LogP contribution in [0.4, 0.5) is 5.69 Å². The second-order valence-corrected chi connectivity index (χ2v) is 7.83. The molecule has 0 saturated heterocycles. The molecule has 7 heteroatoms. The molecule has 154 valence electrons. The van der Waals surface area contributed by atoms with E-state index < -0.39 is 0 Å². The number of carbonyl (C=O) groups excluding carboxylic acids is 1. The number of hydrogen-bond donors (Lipinski definition) is 1. The summed E-state index contributed by atoms with van der Waals surface area (Å²) in [4.78, 5) is 17.2. The van der Waals surface area contributed by atoms with E-state index in [-0.39, 0.29) is 5.97 Å². The Labute approximate surface area is 183 Å². The number of hydrogen-bond acceptors (Lipinski definition) is 5. The molecule has 2 heterocycles. The third-order valence-corrected chi connectivity index (χ3v) is 6.04. The molecule has 6 nitrogen and oxygen atoms in total. The SMILES string of the molecule is CCOC(=O)c1c(C)nc(C)n1Cc1c2ccocc-2c(Br)c1-c1ccccc1N. The number of para-hydroxylation sites is 1. The number of imidazole rings is 1. The Balaban J connectivity index is 1.95. The van der Waals surface area contributed by atoms with Gasteiger partial charge in [-0.05, 0) is 60.0 Å². The minimum absolute atomic E-state index is 0.306. The van der Waals surface area contributed by atoms with Gasteiger partial charge in [0.2, 0.25) is 0 Å². The van der Waals surface area contributed by atoms with E-state index >= 15 is 0 Å². The third-order valence-electron chi connectivity index (χ3n) is 5.22. The lowest BCUT2D eigenvalue weighted by atomic mass is 10.0. The Morgan fingerprint density at radius 1 is 1.20 bits per heavy atom. The average molecular weight is 468 g/mol. The molecule has 2 aromatic rings. The van der Waals surface area contributed by atoms with E-state index in [1.807, 2.05) is 48.7 Å². The topological polar surface area (TPSA) is 83.3 Å². The van der Waals surface area contributed by atoms with Gasteiger partial charge >= 0.3 is 5.97 Å². The second-order valence-electron chi connectivity index (χ2n) is 7.04. The highest BCUT2D eigenvalue weighted by atomic mass is 79.9. The molecular formula is C23H22BrN3O3. The molecule has 0 unspecified atom stereocenters. The molecule has 4 rings (SSSR count). The molecule has 0 amide bonds. The van der Waals surface area contributed by atoms with Gasteiger partial charge in [-0.1, -0.05) is 18.2 Å². The maximum absolute atomic E-state index is 12.6. The molecule has 1 aromatic heterocycles. The van der Waals surface area contributed by atoms with Crippen LogP contribution in [0, 0.1) is 13.8 Å². The minimum atomic E-state index is -0.374. The van der Waals surface area contributed by atoms with Crippen LogP contribution in [0.3, 0.4) is 0 Å². The van der Waals surface area contributed by atoms with Crippen LogP contribution in [0.25, 0.3) is 22.3 Å². The maximum Gasteiger partial charge on any atom is 0.356 e. The van der Waals surface area contributed by atoms with Crippen molar-refractivity contribution in [2.75, 3.05) is 12.3 Å². The van der Waals surface area contributed by atoms with Crippen molar-refractivity contribution in [2.24, 2.45) is 0 Å². The van der Waals surface area contributed by atoms with Crippen LogP contribution < -0.4 is 5.73 Å². The van der Waals surface area contributed by atoms with Crippen LogP contribution in [0.2, 0.25) is 0 Å². The first-order valence-corrected chi connectivity index (χ1v) is 10.4. The highest BCUT2D eigenvalue weighted by Crippen LogP contribution is 2.47. The van der Waals surface area contributed by atoms with Crippen molar-refractivity contribution in [2.45, 2.75) is 27.3 Å². The standard InChI is InChI=1S/C23H22BrN3O3/c1-4-30-23(28)22-13(2)26-14(3)27(22)11-17-15-9-10-29-12-18(15)21(24)20(17)16-7-5-6-8-19(16)25/h5-10,12H,4,11,25H2,1-3H3. The number of nitrogens with zero attached hydrogens (tertiary/aromatic N) is 2. The number of anilines is 1. The number of nitrogen functional groups attached to an aromatic ring is 1. The zero-order valence-electron chi connectivity index (χ0n) is 17.0. The van der Waals surface area contributed by atoms with Gasteiger partial charge in [-0.25, -0.2) is 9.78 Å². The maximum atomic E-state index is 12.6. The first-order chi connectivity index (χ1) is 14.4. The third kappa shape index (κ3) is 3.29. The van der Waals surface area contributed by atoms with Crippen LogP contribution in [-0.2, 0) is 11.3 Å². The van der Waals surface area contributed by atoms with Crippen molar-refractivity contribution < 1.29 is 13.9 Å². The summed E-state index contributed by atoms with van der Waals surface area (Å²) in [7, 11) is 0. The van der Waals surface area contributed by atoms with Crippen molar-refractivity contribution >= 4 is 27.6 Å². The fourth-order valence-corrected chi connectivity index (χ4v) is 4.65. The molecule has 0 bridgehead atoms. The fraction of sp³-hybridized carbons (Fsp3) is 0.217. The molecule has 0 fully saturated rings. The fourth-order valence-electron chi connectivity index (χ4n) is 3.89. The number of fused-ring (bicyclic) bond motifs is 1. The van der Waals surface area contributed by atoms with E-state index in [9.17, 15) is 4.79 Å².